The summed E-state index contributed by atoms with van der Waals surface area (Å²) in [5, 5.41) is 3.40. The number of rotatable bonds is 6. The van der Waals surface area contributed by atoms with Gasteiger partial charge in [0.2, 0.25) is 11.9 Å². The Labute approximate surface area is 196 Å². The maximum Gasteiger partial charge on any atom is 0.225 e. The third-order valence-corrected chi connectivity index (χ3v) is 7.26. The smallest absolute Gasteiger partial charge is 0.225 e. The molecule has 1 amide bonds. The van der Waals surface area contributed by atoms with Crippen LogP contribution in [-0.2, 0) is 4.79 Å². The summed E-state index contributed by atoms with van der Waals surface area (Å²) in [6.45, 7) is 19.2. The minimum absolute atomic E-state index is 0.118. The van der Waals surface area contributed by atoms with E-state index in [9.17, 15) is 4.79 Å². The molecule has 0 spiro atoms. The first-order valence-corrected chi connectivity index (χ1v) is 12.8. The third kappa shape index (κ3) is 6.23. The number of carbonyl (C=O) groups excluding carboxylic acids is 1. The summed E-state index contributed by atoms with van der Waals surface area (Å²) in [4.78, 5) is 25.5. The monoisotopic (exact) mass is 442 g/mol. The molecule has 1 saturated carbocycles. The minimum Gasteiger partial charge on any atom is -0.351 e. The van der Waals surface area contributed by atoms with Gasteiger partial charge in [-0.05, 0) is 49.0 Å². The van der Waals surface area contributed by atoms with Crippen LogP contribution >= 0.6 is 0 Å². The highest BCUT2D eigenvalue weighted by Crippen LogP contribution is 2.36. The van der Waals surface area contributed by atoms with Crippen molar-refractivity contribution in [3.05, 3.63) is 17.5 Å². The summed E-state index contributed by atoms with van der Waals surface area (Å²) < 4.78 is 0. The van der Waals surface area contributed by atoms with Crippen molar-refractivity contribution in [2.75, 3.05) is 18.0 Å². The van der Waals surface area contributed by atoms with Crippen molar-refractivity contribution < 1.29 is 4.79 Å². The molecule has 2 heterocycles. The van der Waals surface area contributed by atoms with E-state index in [1.165, 1.54) is 31.4 Å². The summed E-state index contributed by atoms with van der Waals surface area (Å²) in [7, 11) is 0. The van der Waals surface area contributed by atoms with Crippen LogP contribution in [0.5, 0.6) is 0 Å². The molecule has 2 unspecified atom stereocenters. The summed E-state index contributed by atoms with van der Waals surface area (Å²) in [5.41, 5.74) is 2.10. The molecular weight excluding hydrogens is 396 g/mol. The van der Waals surface area contributed by atoms with Crippen LogP contribution in [0.25, 0.3) is 0 Å². The quantitative estimate of drug-likeness (QED) is 0.582. The van der Waals surface area contributed by atoms with Crippen LogP contribution < -0.4 is 10.2 Å². The molecule has 1 N–H and O–H groups in total. The Morgan fingerprint density at radius 2 is 1.78 bits per heavy atom. The Morgan fingerprint density at radius 1 is 1.12 bits per heavy atom. The van der Waals surface area contributed by atoms with Gasteiger partial charge in [0.1, 0.15) is 0 Å². The molecule has 2 aliphatic rings. The number of piperidine rings is 1. The zero-order valence-electron chi connectivity index (χ0n) is 21.8. The van der Waals surface area contributed by atoms with Gasteiger partial charge in [-0.3, -0.25) is 4.79 Å². The molecule has 5 nitrogen and oxygen atoms in total. The van der Waals surface area contributed by atoms with E-state index < -0.39 is 0 Å². The number of nitrogens with one attached hydrogen (secondary N) is 1. The fourth-order valence-electron chi connectivity index (χ4n) is 5.55. The Morgan fingerprint density at radius 3 is 2.38 bits per heavy atom. The van der Waals surface area contributed by atoms with E-state index in [1.807, 2.05) is 0 Å². The summed E-state index contributed by atoms with van der Waals surface area (Å²) in [6.07, 6.45) is 7.00. The van der Waals surface area contributed by atoms with Gasteiger partial charge in [-0.2, -0.15) is 0 Å². The third-order valence-electron chi connectivity index (χ3n) is 7.26. The Bertz CT molecular complexity index is 789. The molecule has 5 heteroatoms. The lowest BCUT2D eigenvalue weighted by molar-refractivity contribution is -0.132. The van der Waals surface area contributed by atoms with E-state index in [0.29, 0.717) is 17.8 Å². The average Bonchev–Trinajstić information content (AvgIpc) is 3.22. The molecule has 180 valence electrons. The van der Waals surface area contributed by atoms with Crippen LogP contribution in [0.3, 0.4) is 0 Å². The van der Waals surface area contributed by atoms with Crippen molar-refractivity contribution in [2.24, 2.45) is 16.7 Å². The van der Waals surface area contributed by atoms with Gasteiger partial charge in [-0.1, -0.05) is 68.2 Å². The highest BCUT2D eigenvalue weighted by atomic mass is 16.2. The van der Waals surface area contributed by atoms with E-state index >= 15 is 0 Å². The van der Waals surface area contributed by atoms with Gasteiger partial charge in [0.05, 0.1) is 0 Å². The van der Waals surface area contributed by atoms with Crippen LogP contribution in [0.15, 0.2) is 6.07 Å². The number of aromatic nitrogens is 2. The van der Waals surface area contributed by atoms with Gasteiger partial charge in [0.25, 0.3) is 0 Å². The molecular formula is C27H46N4O. The topological polar surface area (TPSA) is 58.1 Å². The van der Waals surface area contributed by atoms with Crippen molar-refractivity contribution in [1.82, 2.24) is 15.3 Å². The van der Waals surface area contributed by atoms with E-state index in [-0.39, 0.29) is 22.8 Å². The van der Waals surface area contributed by atoms with Gasteiger partial charge >= 0.3 is 0 Å². The van der Waals surface area contributed by atoms with Gasteiger partial charge in [0.15, 0.2) is 0 Å². The second-order valence-electron chi connectivity index (χ2n) is 12.6. The van der Waals surface area contributed by atoms with Gasteiger partial charge in [-0.15, -0.1) is 0 Å². The Balaban J connectivity index is 1.78. The lowest BCUT2D eigenvalue weighted by Gasteiger charge is -2.40. The number of carbonyl (C=O) groups is 1. The molecule has 2 atom stereocenters. The fourth-order valence-corrected chi connectivity index (χ4v) is 5.55. The SMILES string of the molecule is CC(C)c1cc(C2CCCC2)nc(N2CCC(C)C(NC(=O)C(C)(C)CC(C)(C)C)C2)n1. The molecule has 3 rings (SSSR count). The van der Waals surface area contributed by atoms with E-state index in [0.717, 1.165) is 37.6 Å². The fraction of sp³-hybridized carbons (Fsp3) is 0.815. The Hall–Kier alpha value is -1.65. The molecule has 1 aromatic rings. The molecule has 0 radical (unpaired) electrons. The van der Waals surface area contributed by atoms with Gasteiger partial charge in [-0.25, -0.2) is 9.97 Å². The maximum atomic E-state index is 13.2. The zero-order valence-corrected chi connectivity index (χ0v) is 21.8. The van der Waals surface area contributed by atoms with Crippen LogP contribution in [-0.4, -0.2) is 35.0 Å². The maximum absolute atomic E-state index is 13.2. The largest absolute Gasteiger partial charge is 0.351 e. The van der Waals surface area contributed by atoms with Crippen molar-refractivity contribution >= 4 is 11.9 Å². The van der Waals surface area contributed by atoms with Crippen molar-refractivity contribution in [1.29, 1.82) is 0 Å². The molecule has 1 aliphatic carbocycles. The standard InChI is InChI=1S/C27H46N4O/c1-18(2)21-15-22(20-11-9-10-12-20)30-25(29-21)31-14-13-19(3)23(16-31)28-24(32)27(7,8)17-26(4,5)6/h15,18-20,23H,9-14,16-17H2,1-8H3,(H,28,32). The highest BCUT2D eigenvalue weighted by Gasteiger charge is 2.36. The second kappa shape index (κ2) is 9.69. The van der Waals surface area contributed by atoms with Crippen LogP contribution in [0.2, 0.25) is 0 Å². The molecule has 0 aromatic carbocycles. The van der Waals surface area contributed by atoms with Crippen molar-refractivity contribution in [3.8, 4) is 0 Å². The molecule has 2 fully saturated rings. The zero-order chi connectivity index (χ0) is 23.7. The van der Waals surface area contributed by atoms with Crippen LogP contribution in [0, 0.1) is 16.7 Å². The van der Waals surface area contributed by atoms with E-state index in [2.05, 4.69) is 71.7 Å². The number of nitrogens with zero attached hydrogens (tertiary/aromatic N) is 3. The minimum atomic E-state index is -0.385. The lowest BCUT2D eigenvalue weighted by Crippen LogP contribution is -2.55. The average molecular weight is 443 g/mol. The van der Waals surface area contributed by atoms with Crippen molar-refractivity contribution in [2.45, 2.75) is 112 Å². The number of hydrogen-bond donors (Lipinski definition) is 1. The second-order valence-corrected chi connectivity index (χ2v) is 12.6. The Kier molecular flexibility index (Phi) is 7.56. The molecule has 1 aliphatic heterocycles. The molecule has 32 heavy (non-hydrogen) atoms. The molecule has 0 bridgehead atoms. The first-order valence-electron chi connectivity index (χ1n) is 12.8. The summed E-state index contributed by atoms with van der Waals surface area (Å²) in [5.74, 6) is 2.43. The van der Waals surface area contributed by atoms with Crippen LogP contribution in [0.1, 0.15) is 117 Å². The normalized spacial score (nSPS) is 23.1. The number of anilines is 1. The predicted molar refractivity (Wildman–Crippen MR) is 133 cm³/mol. The van der Waals surface area contributed by atoms with Crippen LogP contribution in [0.4, 0.5) is 5.95 Å². The van der Waals surface area contributed by atoms with Gasteiger partial charge in [0, 0.05) is 41.9 Å². The van der Waals surface area contributed by atoms with E-state index in [4.69, 9.17) is 9.97 Å². The summed E-state index contributed by atoms with van der Waals surface area (Å²) in [6, 6.07) is 2.36. The summed E-state index contributed by atoms with van der Waals surface area (Å²) >= 11 is 0. The lowest BCUT2D eigenvalue weighted by atomic mass is 9.75. The van der Waals surface area contributed by atoms with E-state index in [1.54, 1.807) is 0 Å². The molecule has 1 saturated heterocycles. The van der Waals surface area contributed by atoms with Crippen molar-refractivity contribution in [3.63, 3.8) is 0 Å². The number of hydrogen-bond acceptors (Lipinski definition) is 4. The first kappa shape index (κ1) is 25.0. The number of amides is 1. The van der Waals surface area contributed by atoms with Gasteiger partial charge < -0.3 is 10.2 Å². The highest BCUT2D eigenvalue weighted by molar-refractivity contribution is 5.82. The molecule has 1 aromatic heterocycles. The predicted octanol–water partition coefficient (Wildman–Crippen LogP) is 6.05. The first-order chi connectivity index (χ1) is 14.9.